The minimum Gasteiger partial charge on any atom is -0.476 e. The molecule has 94 valence electrons. The van der Waals surface area contributed by atoms with Crippen LogP contribution in [0.3, 0.4) is 0 Å². The summed E-state index contributed by atoms with van der Waals surface area (Å²) < 4.78 is 0. The summed E-state index contributed by atoms with van der Waals surface area (Å²) in [6, 6.07) is 0. The van der Waals surface area contributed by atoms with Crippen LogP contribution in [0.1, 0.15) is 47.0 Å². The number of nitrogens with zero attached hydrogens (tertiary/aromatic N) is 2. The smallest absolute Gasteiger partial charge is 0.355 e. The summed E-state index contributed by atoms with van der Waals surface area (Å²) in [7, 11) is 0. The lowest BCUT2D eigenvalue weighted by molar-refractivity contribution is 0.0691. The molecule has 0 spiro atoms. The van der Waals surface area contributed by atoms with Crippen molar-refractivity contribution in [3.8, 4) is 0 Å². The third-order valence-corrected chi connectivity index (χ3v) is 3.01. The number of aromatic nitrogens is 1. The molecule has 0 saturated heterocycles. The van der Waals surface area contributed by atoms with Crippen LogP contribution in [0.4, 0.5) is 0 Å². The highest BCUT2D eigenvalue weighted by Crippen LogP contribution is 2.13. The predicted molar refractivity (Wildman–Crippen MR) is 65.6 cm³/mol. The Kier molecular flexibility index (Phi) is 5.09. The standard InChI is InChI=1S/C11H16N2O3S/c1-3-5-13(6-4-2)10(14)9-12-8(7-17-9)11(15)16/h7H,3-6H2,1-2H3,(H,15,16). The number of carboxylic acid groups (broad SMARTS) is 1. The number of thiazole rings is 1. The van der Waals surface area contributed by atoms with E-state index in [0.717, 1.165) is 24.2 Å². The molecule has 1 aromatic heterocycles. The molecule has 17 heavy (non-hydrogen) atoms. The van der Waals surface area contributed by atoms with Gasteiger partial charge in [0.2, 0.25) is 0 Å². The van der Waals surface area contributed by atoms with E-state index in [9.17, 15) is 9.59 Å². The van der Waals surface area contributed by atoms with Gasteiger partial charge in [-0.1, -0.05) is 13.8 Å². The van der Waals surface area contributed by atoms with Gasteiger partial charge < -0.3 is 10.0 Å². The van der Waals surface area contributed by atoms with Crippen molar-refractivity contribution in [3.05, 3.63) is 16.1 Å². The first-order valence-corrected chi connectivity index (χ1v) is 6.46. The van der Waals surface area contributed by atoms with E-state index >= 15 is 0 Å². The highest BCUT2D eigenvalue weighted by atomic mass is 32.1. The molecule has 0 radical (unpaired) electrons. The maximum atomic E-state index is 12.0. The Morgan fingerprint density at radius 3 is 2.35 bits per heavy atom. The zero-order valence-electron chi connectivity index (χ0n) is 9.97. The minimum absolute atomic E-state index is 0.0636. The average Bonchev–Trinajstić information content (AvgIpc) is 2.77. The monoisotopic (exact) mass is 256 g/mol. The van der Waals surface area contributed by atoms with Gasteiger partial charge in [0.15, 0.2) is 10.7 Å². The Morgan fingerprint density at radius 1 is 1.35 bits per heavy atom. The van der Waals surface area contributed by atoms with Crippen LogP contribution in [0.25, 0.3) is 0 Å². The van der Waals surface area contributed by atoms with E-state index in [1.54, 1.807) is 4.90 Å². The predicted octanol–water partition coefficient (Wildman–Crippen LogP) is 2.10. The summed E-state index contributed by atoms with van der Waals surface area (Å²) in [6.07, 6.45) is 1.76. The molecule has 0 bridgehead atoms. The highest BCUT2D eigenvalue weighted by molar-refractivity contribution is 7.11. The van der Waals surface area contributed by atoms with Crippen LogP contribution < -0.4 is 0 Å². The minimum atomic E-state index is -1.10. The molecule has 6 heteroatoms. The topological polar surface area (TPSA) is 70.5 Å². The number of rotatable bonds is 6. The van der Waals surface area contributed by atoms with Crippen LogP contribution in [0.5, 0.6) is 0 Å². The van der Waals surface area contributed by atoms with Gasteiger partial charge in [0, 0.05) is 18.5 Å². The summed E-state index contributed by atoms with van der Waals surface area (Å²) >= 11 is 1.08. The normalized spacial score (nSPS) is 10.2. The number of carbonyl (C=O) groups is 2. The van der Waals surface area contributed by atoms with E-state index in [1.807, 2.05) is 13.8 Å². The molecule has 0 aliphatic heterocycles. The van der Waals surface area contributed by atoms with Gasteiger partial charge in [-0.25, -0.2) is 9.78 Å². The van der Waals surface area contributed by atoms with Gasteiger partial charge in [0.25, 0.3) is 5.91 Å². The first-order valence-electron chi connectivity index (χ1n) is 5.58. The van der Waals surface area contributed by atoms with E-state index in [2.05, 4.69) is 4.98 Å². The van der Waals surface area contributed by atoms with Crippen molar-refractivity contribution in [3.63, 3.8) is 0 Å². The average molecular weight is 256 g/mol. The number of aromatic carboxylic acids is 1. The van der Waals surface area contributed by atoms with Gasteiger partial charge in [-0.15, -0.1) is 11.3 Å². The van der Waals surface area contributed by atoms with Crippen molar-refractivity contribution < 1.29 is 14.7 Å². The molecular weight excluding hydrogens is 240 g/mol. The number of hydrogen-bond donors (Lipinski definition) is 1. The Hall–Kier alpha value is -1.43. The van der Waals surface area contributed by atoms with E-state index in [0.29, 0.717) is 13.1 Å². The highest BCUT2D eigenvalue weighted by Gasteiger charge is 2.19. The molecule has 0 aromatic carbocycles. The maximum absolute atomic E-state index is 12.0. The summed E-state index contributed by atoms with van der Waals surface area (Å²) in [6.45, 7) is 5.35. The molecule has 0 saturated carbocycles. The Morgan fingerprint density at radius 2 is 1.94 bits per heavy atom. The van der Waals surface area contributed by atoms with Gasteiger partial charge >= 0.3 is 5.97 Å². The van der Waals surface area contributed by atoms with Crippen molar-refractivity contribution in [1.82, 2.24) is 9.88 Å². The van der Waals surface area contributed by atoms with Crippen molar-refractivity contribution in [2.75, 3.05) is 13.1 Å². The summed E-state index contributed by atoms with van der Waals surface area (Å²) in [5.41, 5.74) is -0.0636. The fraction of sp³-hybridized carbons (Fsp3) is 0.545. The lowest BCUT2D eigenvalue weighted by Crippen LogP contribution is -2.32. The Bertz CT molecular complexity index is 397. The van der Waals surface area contributed by atoms with Crippen molar-refractivity contribution in [2.45, 2.75) is 26.7 Å². The number of carboxylic acids is 1. The molecule has 0 unspecified atom stereocenters. The van der Waals surface area contributed by atoms with Crippen LogP contribution in [0.2, 0.25) is 0 Å². The van der Waals surface area contributed by atoms with Crippen LogP contribution in [0.15, 0.2) is 5.38 Å². The summed E-state index contributed by atoms with van der Waals surface area (Å²) in [5, 5.41) is 10.4. The van der Waals surface area contributed by atoms with Gasteiger partial charge in [0.1, 0.15) is 0 Å². The van der Waals surface area contributed by atoms with Gasteiger partial charge in [-0.2, -0.15) is 0 Å². The number of carbonyl (C=O) groups excluding carboxylic acids is 1. The van der Waals surface area contributed by atoms with Gasteiger partial charge in [-0.05, 0) is 12.8 Å². The second kappa shape index (κ2) is 6.34. The van der Waals surface area contributed by atoms with Gasteiger partial charge in [-0.3, -0.25) is 4.79 Å². The third kappa shape index (κ3) is 3.52. The SMILES string of the molecule is CCCN(CCC)C(=O)c1nc(C(=O)O)cs1. The van der Waals surface area contributed by atoms with Crippen molar-refractivity contribution in [2.24, 2.45) is 0 Å². The largest absolute Gasteiger partial charge is 0.476 e. The fourth-order valence-corrected chi connectivity index (χ4v) is 2.22. The fourth-order valence-electron chi connectivity index (χ4n) is 1.46. The molecule has 1 heterocycles. The second-order valence-electron chi connectivity index (χ2n) is 3.64. The van der Waals surface area contributed by atoms with Crippen LogP contribution in [-0.4, -0.2) is 40.0 Å². The molecule has 1 N–H and O–H groups in total. The first-order chi connectivity index (χ1) is 8.10. The molecule has 1 rings (SSSR count). The second-order valence-corrected chi connectivity index (χ2v) is 4.49. The summed E-state index contributed by atoms with van der Waals surface area (Å²) in [4.78, 5) is 28.3. The Labute approximate surface area is 104 Å². The lowest BCUT2D eigenvalue weighted by Gasteiger charge is -2.19. The molecule has 0 aliphatic carbocycles. The molecule has 0 atom stereocenters. The number of hydrogen-bond acceptors (Lipinski definition) is 4. The molecule has 1 aromatic rings. The molecular formula is C11H16N2O3S. The van der Waals surface area contributed by atoms with Crippen LogP contribution >= 0.6 is 11.3 Å². The van der Waals surface area contributed by atoms with Gasteiger partial charge in [0.05, 0.1) is 0 Å². The Balaban J connectivity index is 2.81. The third-order valence-electron chi connectivity index (χ3n) is 2.18. The zero-order chi connectivity index (χ0) is 12.8. The number of amides is 1. The zero-order valence-corrected chi connectivity index (χ0v) is 10.8. The lowest BCUT2D eigenvalue weighted by atomic mass is 10.3. The maximum Gasteiger partial charge on any atom is 0.355 e. The molecule has 0 fully saturated rings. The van der Waals surface area contributed by atoms with E-state index < -0.39 is 5.97 Å². The van der Waals surface area contributed by atoms with E-state index in [4.69, 9.17) is 5.11 Å². The quantitative estimate of drug-likeness (QED) is 0.846. The van der Waals surface area contributed by atoms with Crippen molar-refractivity contribution >= 4 is 23.2 Å². The van der Waals surface area contributed by atoms with Crippen molar-refractivity contribution in [1.29, 1.82) is 0 Å². The van der Waals surface area contributed by atoms with Crippen LogP contribution in [-0.2, 0) is 0 Å². The van der Waals surface area contributed by atoms with E-state index in [-0.39, 0.29) is 16.6 Å². The summed E-state index contributed by atoms with van der Waals surface area (Å²) in [5.74, 6) is -1.27. The first kappa shape index (κ1) is 13.6. The molecule has 0 aliphatic rings. The van der Waals surface area contributed by atoms with Crippen LogP contribution in [0, 0.1) is 0 Å². The van der Waals surface area contributed by atoms with E-state index in [1.165, 1.54) is 5.38 Å². The molecule has 5 nitrogen and oxygen atoms in total. The molecule has 1 amide bonds.